The second-order valence-corrected chi connectivity index (χ2v) is 5.70. The number of halogens is 2. The van der Waals surface area contributed by atoms with Gasteiger partial charge in [-0.1, -0.05) is 17.7 Å². The zero-order chi connectivity index (χ0) is 16.3. The molecule has 0 radical (unpaired) electrons. The minimum atomic E-state index is -1.03. The number of hydrogen-bond donors (Lipinski definition) is 1. The van der Waals surface area contributed by atoms with Crippen LogP contribution in [0, 0.1) is 5.82 Å². The van der Waals surface area contributed by atoms with Gasteiger partial charge in [-0.05, 0) is 24.6 Å². The summed E-state index contributed by atoms with van der Waals surface area (Å²) in [5, 5.41) is 9.51. The van der Waals surface area contributed by atoms with Gasteiger partial charge < -0.3 is 14.9 Å². The summed E-state index contributed by atoms with van der Waals surface area (Å²) in [6, 6.07) is 3.96. The van der Waals surface area contributed by atoms with Crippen LogP contribution in [0.25, 0.3) is 0 Å². The Morgan fingerprint density at radius 3 is 2.41 bits per heavy atom. The van der Waals surface area contributed by atoms with E-state index in [1.165, 1.54) is 25.1 Å². The van der Waals surface area contributed by atoms with Gasteiger partial charge in [0.15, 0.2) is 0 Å². The van der Waals surface area contributed by atoms with Crippen LogP contribution >= 0.6 is 11.6 Å². The Hall–Kier alpha value is -1.66. The van der Waals surface area contributed by atoms with E-state index in [4.69, 9.17) is 11.6 Å². The lowest BCUT2D eigenvalue weighted by molar-refractivity contribution is -0.144. The van der Waals surface area contributed by atoms with E-state index in [9.17, 15) is 19.1 Å². The number of amides is 2. The monoisotopic (exact) mass is 328 g/mol. The molecule has 1 unspecified atom stereocenters. The molecule has 1 aliphatic rings. The molecule has 22 heavy (non-hydrogen) atoms. The summed E-state index contributed by atoms with van der Waals surface area (Å²) in [6.45, 7) is 3.04. The van der Waals surface area contributed by atoms with E-state index in [2.05, 4.69) is 0 Å². The lowest BCUT2D eigenvalue weighted by Gasteiger charge is -2.35. The quantitative estimate of drug-likeness (QED) is 0.903. The van der Waals surface area contributed by atoms with Gasteiger partial charge in [-0.3, -0.25) is 9.59 Å². The van der Waals surface area contributed by atoms with Crippen LogP contribution in [0.1, 0.15) is 12.5 Å². The van der Waals surface area contributed by atoms with Crippen molar-refractivity contribution >= 4 is 23.4 Å². The largest absolute Gasteiger partial charge is 0.384 e. The number of carbonyl (C=O) groups excluding carboxylic acids is 2. The molecule has 0 spiro atoms. The highest BCUT2D eigenvalue weighted by atomic mass is 35.5. The van der Waals surface area contributed by atoms with Crippen LogP contribution < -0.4 is 0 Å². The molecule has 2 amide bonds. The molecule has 5 nitrogen and oxygen atoms in total. The third-order valence-electron chi connectivity index (χ3n) is 3.66. The molecule has 120 valence electrons. The Morgan fingerprint density at radius 1 is 1.27 bits per heavy atom. The molecule has 0 aliphatic carbocycles. The molecule has 1 N–H and O–H groups in total. The number of hydrogen-bond acceptors (Lipinski definition) is 3. The first kappa shape index (κ1) is 16.7. The van der Waals surface area contributed by atoms with Crippen molar-refractivity contribution in [3.05, 3.63) is 34.6 Å². The molecule has 7 heteroatoms. The maximum absolute atomic E-state index is 13.0. The van der Waals surface area contributed by atoms with E-state index in [1.807, 2.05) is 0 Å². The predicted molar refractivity (Wildman–Crippen MR) is 80.0 cm³/mol. The summed E-state index contributed by atoms with van der Waals surface area (Å²) in [7, 11) is 0. The summed E-state index contributed by atoms with van der Waals surface area (Å²) in [5.74, 6) is -0.877. The molecule has 1 atom stereocenters. The lowest BCUT2D eigenvalue weighted by Crippen LogP contribution is -2.52. The molecule has 1 heterocycles. The van der Waals surface area contributed by atoms with Gasteiger partial charge in [0.05, 0.1) is 6.42 Å². The minimum absolute atomic E-state index is 0.101. The van der Waals surface area contributed by atoms with Crippen molar-refractivity contribution in [1.29, 1.82) is 0 Å². The normalized spacial score (nSPS) is 16.5. The van der Waals surface area contributed by atoms with E-state index in [0.717, 1.165) is 0 Å². The first-order chi connectivity index (χ1) is 10.4. The molecule has 1 aromatic rings. The SMILES string of the molecule is CC(O)C(=O)N1CCN(C(=O)Cc2ccc(F)cc2Cl)CC1. The van der Waals surface area contributed by atoms with E-state index >= 15 is 0 Å². The van der Waals surface area contributed by atoms with Gasteiger partial charge in [0.2, 0.25) is 5.91 Å². The fourth-order valence-corrected chi connectivity index (χ4v) is 2.61. The number of rotatable bonds is 3. The molecule has 0 saturated carbocycles. The van der Waals surface area contributed by atoms with Crippen molar-refractivity contribution < 1.29 is 19.1 Å². The average molecular weight is 329 g/mol. The Balaban J connectivity index is 1.91. The van der Waals surface area contributed by atoms with Crippen LogP contribution in [0.15, 0.2) is 18.2 Å². The van der Waals surface area contributed by atoms with Crippen molar-refractivity contribution in [3.63, 3.8) is 0 Å². The van der Waals surface area contributed by atoms with Crippen LogP contribution in [-0.4, -0.2) is 59.0 Å². The molecule has 1 saturated heterocycles. The van der Waals surface area contributed by atoms with Crippen LogP contribution in [0.4, 0.5) is 4.39 Å². The number of nitrogens with zero attached hydrogens (tertiary/aromatic N) is 2. The van der Waals surface area contributed by atoms with Crippen molar-refractivity contribution in [2.75, 3.05) is 26.2 Å². The number of benzene rings is 1. The first-order valence-electron chi connectivity index (χ1n) is 7.07. The zero-order valence-corrected chi connectivity index (χ0v) is 13.0. The van der Waals surface area contributed by atoms with Crippen LogP contribution in [-0.2, 0) is 16.0 Å². The number of aliphatic hydroxyl groups is 1. The van der Waals surface area contributed by atoms with E-state index in [0.29, 0.717) is 31.7 Å². The zero-order valence-electron chi connectivity index (χ0n) is 12.3. The van der Waals surface area contributed by atoms with Gasteiger partial charge in [0, 0.05) is 31.2 Å². The highest BCUT2D eigenvalue weighted by Gasteiger charge is 2.26. The van der Waals surface area contributed by atoms with Gasteiger partial charge in [0.25, 0.3) is 5.91 Å². The predicted octanol–water partition coefficient (Wildman–Crippen LogP) is 1.07. The van der Waals surface area contributed by atoms with Crippen LogP contribution in [0.2, 0.25) is 5.02 Å². The van der Waals surface area contributed by atoms with Crippen molar-refractivity contribution in [3.8, 4) is 0 Å². The first-order valence-corrected chi connectivity index (χ1v) is 7.45. The standard InChI is InChI=1S/C15H18ClFN2O3/c1-10(20)15(22)19-6-4-18(5-7-19)14(21)8-11-2-3-12(17)9-13(11)16/h2-3,9-10,20H,4-8H2,1H3. The smallest absolute Gasteiger partial charge is 0.251 e. The molecule has 1 aromatic carbocycles. The minimum Gasteiger partial charge on any atom is -0.384 e. The van der Waals surface area contributed by atoms with Crippen molar-refractivity contribution in [1.82, 2.24) is 9.80 Å². The maximum atomic E-state index is 13.0. The second-order valence-electron chi connectivity index (χ2n) is 5.29. The molecule has 0 bridgehead atoms. The number of carbonyl (C=O) groups is 2. The van der Waals surface area contributed by atoms with Gasteiger partial charge in [0.1, 0.15) is 11.9 Å². The van der Waals surface area contributed by atoms with E-state index < -0.39 is 11.9 Å². The second kappa shape index (κ2) is 7.07. The van der Waals surface area contributed by atoms with E-state index in [-0.39, 0.29) is 23.3 Å². The Kier molecular flexibility index (Phi) is 5.37. The summed E-state index contributed by atoms with van der Waals surface area (Å²) in [5.41, 5.74) is 0.579. The molecular weight excluding hydrogens is 311 g/mol. The molecule has 1 aliphatic heterocycles. The van der Waals surface area contributed by atoms with Crippen molar-refractivity contribution in [2.45, 2.75) is 19.4 Å². The van der Waals surface area contributed by atoms with Gasteiger partial charge in [-0.15, -0.1) is 0 Å². The molecular formula is C15H18ClFN2O3. The average Bonchev–Trinajstić information content (AvgIpc) is 2.49. The highest BCUT2D eigenvalue weighted by molar-refractivity contribution is 6.31. The van der Waals surface area contributed by atoms with Crippen molar-refractivity contribution in [2.24, 2.45) is 0 Å². The summed E-state index contributed by atoms with van der Waals surface area (Å²) < 4.78 is 13.0. The highest BCUT2D eigenvalue weighted by Crippen LogP contribution is 2.19. The third-order valence-corrected chi connectivity index (χ3v) is 4.01. The summed E-state index contributed by atoms with van der Waals surface area (Å²) in [6.07, 6.45) is -0.927. The summed E-state index contributed by atoms with van der Waals surface area (Å²) >= 11 is 5.92. The fourth-order valence-electron chi connectivity index (χ4n) is 2.38. The molecule has 2 rings (SSSR count). The third kappa shape index (κ3) is 3.96. The number of piperazine rings is 1. The molecule has 0 aromatic heterocycles. The van der Waals surface area contributed by atoms with Gasteiger partial charge >= 0.3 is 0 Å². The van der Waals surface area contributed by atoms with Crippen LogP contribution in [0.3, 0.4) is 0 Å². The Morgan fingerprint density at radius 2 is 1.86 bits per heavy atom. The van der Waals surface area contributed by atoms with E-state index in [1.54, 1.807) is 9.80 Å². The maximum Gasteiger partial charge on any atom is 0.251 e. The topological polar surface area (TPSA) is 60.9 Å². The Bertz CT molecular complexity index is 572. The number of aliphatic hydroxyl groups excluding tert-OH is 1. The lowest BCUT2D eigenvalue weighted by atomic mass is 10.1. The Labute approximate surface area is 133 Å². The van der Waals surface area contributed by atoms with Crippen LogP contribution in [0.5, 0.6) is 0 Å². The molecule has 1 fully saturated rings. The fraction of sp³-hybridized carbons (Fsp3) is 0.467. The van der Waals surface area contributed by atoms with Gasteiger partial charge in [-0.25, -0.2) is 4.39 Å². The summed E-state index contributed by atoms with van der Waals surface area (Å²) in [4.78, 5) is 27.1. The van der Waals surface area contributed by atoms with Gasteiger partial charge in [-0.2, -0.15) is 0 Å².